The van der Waals surface area contributed by atoms with Crippen LogP contribution in [0.1, 0.15) is 12.0 Å². The standard InChI is InChI=1S/C10H11N.BrH/c1-3-4-9(2)10-5-7-11-8-6-10;/h3,5-8H,1-2,4H2;1H. The number of hydrogen-bond acceptors (Lipinski definition) is 1. The summed E-state index contributed by atoms with van der Waals surface area (Å²) in [7, 11) is 0. The molecule has 0 amide bonds. The summed E-state index contributed by atoms with van der Waals surface area (Å²) in [6, 6.07) is 3.90. The average Bonchev–Trinajstić information content (AvgIpc) is 2.07. The molecule has 0 saturated carbocycles. The number of aromatic nitrogens is 1. The summed E-state index contributed by atoms with van der Waals surface area (Å²) in [5.41, 5.74) is 2.22. The Balaban J connectivity index is 0.00000121. The van der Waals surface area contributed by atoms with Crippen molar-refractivity contribution in [2.45, 2.75) is 6.42 Å². The fraction of sp³-hybridized carbons (Fsp3) is 0.100. The molecule has 0 spiro atoms. The molecule has 1 aromatic heterocycles. The second kappa shape index (κ2) is 5.72. The lowest BCUT2D eigenvalue weighted by atomic mass is 10.1. The summed E-state index contributed by atoms with van der Waals surface area (Å²) >= 11 is 0. The van der Waals surface area contributed by atoms with E-state index in [0.29, 0.717) is 0 Å². The quantitative estimate of drug-likeness (QED) is 0.721. The second-order valence-electron chi connectivity index (χ2n) is 2.33. The fourth-order valence-corrected chi connectivity index (χ4v) is 0.880. The fourth-order valence-electron chi connectivity index (χ4n) is 0.880. The molecule has 0 unspecified atom stereocenters. The highest BCUT2D eigenvalue weighted by molar-refractivity contribution is 8.93. The van der Waals surface area contributed by atoms with Crippen LogP contribution in [0.15, 0.2) is 43.8 Å². The Morgan fingerprint density at radius 1 is 1.42 bits per heavy atom. The zero-order valence-corrected chi connectivity index (χ0v) is 8.58. The maximum absolute atomic E-state index is 3.92. The van der Waals surface area contributed by atoms with Crippen LogP contribution in [0, 0.1) is 0 Å². The van der Waals surface area contributed by atoms with Crippen molar-refractivity contribution in [3.8, 4) is 0 Å². The number of halogens is 1. The molecule has 12 heavy (non-hydrogen) atoms. The molecule has 1 rings (SSSR count). The minimum Gasteiger partial charge on any atom is -0.265 e. The molecule has 0 aliphatic carbocycles. The zero-order chi connectivity index (χ0) is 8.10. The van der Waals surface area contributed by atoms with Gasteiger partial charge in [0.2, 0.25) is 0 Å². The molecule has 0 atom stereocenters. The van der Waals surface area contributed by atoms with Gasteiger partial charge in [0.05, 0.1) is 0 Å². The Morgan fingerprint density at radius 3 is 2.50 bits per heavy atom. The van der Waals surface area contributed by atoms with Crippen molar-refractivity contribution in [1.29, 1.82) is 0 Å². The second-order valence-corrected chi connectivity index (χ2v) is 2.33. The van der Waals surface area contributed by atoms with E-state index < -0.39 is 0 Å². The van der Waals surface area contributed by atoms with Crippen molar-refractivity contribution < 1.29 is 0 Å². The number of allylic oxidation sites excluding steroid dienone is 2. The summed E-state index contributed by atoms with van der Waals surface area (Å²) in [6.07, 6.45) is 6.22. The molecule has 1 heterocycles. The molecule has 0 fully saturated rings. The van der Waals surface area contributed by atoms with E-state index in [4.69, 9.17) is 0 Å². The van der Waals surface area contributed by atoms with Gasteiger partial charge in [-0.05, 0) is 29.7 Å². The van der Waals surface area contributed by atoms with Crippen LogP contribution >= 0.6 is 17.0 Å². The van der Waals surface area contributed by atoms with E-state index in [9.17, 15) is 0 Å². The molecule has 1 aromatic rings. The van der Waals surface area contributed by atoms with Gasteiger partial charge in [0.25, 0.3) is 0 Å². The van der Waals surface area contributed by atoms with Crippen molar-refractivity contribution in [3.63, 3.8) is 0 Å². The topological polar surface area (TPSA) is 12.9 Å². The van der Waals surface area contributed by atoms with Gasteiger partial charge in [-0.2, -0.15) is 0 Å². The van der Waals surface area contributed by atoms with Gasteiger partial charge in [0.1, 0.15) is 0 Å². The third-order valence-corrected chi connectivity index (χ3v) is 1.48. The third kappa shape index (κ3) is 3.01. The minimum absolute atomic E-state index is 0. The highest BCUT2D eigenvalue weighted by Gasteiger charge is 1.93. The minimum atomic E-state index is 0. The first-order chi connectivity index (χ1) is 5.34. The van der Waals surface area contributed by atoms with Crippen LogP contribution in [0.25, 0.3) is 5.57 Å². The summed E-state index contributed by atoms with van der Waals surface area (Å²) in [5.74, 6) is 0. The Labute approximate surface area is 83.6 Å². The molecule has 2 heteroatoms. The van der Waals surface area contributed by atoms with Gasteiger partial charge in [-0.15, -0.1) is 23.6 Å². The Bertz CT molecular complexity index is 254. The van der Waals surface area contributed by atoms with Crippen LogP contribution < -0.4 is 0 Å². The highest BCUT2D eigenvalue weighted by atomic mass is 79.9. The van der Waals surface area contributed by atoms with Gasteiger partial charge in [0.15, 0.2) is 0 Å². The Morgan fingerprint density at radius 2 is 2.00 bits per heavy atom. The predicted molar refractivity (Wildman–Crippen MR) is 58.4 cm³/mol. The van der Waals surface area contributed by atoms with Crippen molar-refractivity contribution >= 4 is 22.6 Å². The van der Waals surface area contributed by atoms with Crippen LogP contribution in [0.4, 0.5) is 0 Å². The summed E-state index contributed by atoms with van der Waals surface area (Å²) < 4.78 is 0. The van der Waals surface area contributed by atoms with Gasteiger partial charge >= 0.3 is 0 Å². The first kappa shape index (κ1) is 11.1. The molecule has 0 bridgehead atoms. The first-order valence-electron chi connectivity index (χ1n) is 3.53. The molecular formula is C10H12BrN. The van der Waals surface area contributed by atoms with Crippen LogP contribution in [0.5, 0.6) is 0 Å². The molecule has 0 aliphatic heterocycles. The molecule has 0 N–H and O–H groups in total. The van der Waals surface area contributed by atoms with Crippen molar-refractivity contribution in [3.05, 3.63) is 49.3 Å². The third-order valence-electron chi connectivity index (χ3n) is 1.48. The van der Waals surface area contributed by atoms with Crippen molar-refractivity contribution in [2.75, 3.05) is 0 Å². The molecule has 1 nitrogen and oxygen atoms in total. The Kier molecular flexibility index (Phi) is 5.30. The summed E-state index contributed by atoms with van der Waals surface area (Å²) in [6.45, 7) is 7.57. The van der Waals surface area contributed by atoms with Crippen LogP contribution in [0.3, 0.4) is 0 Å². The van der Waals surface area contributed by atoms with Crippen LogP contribution in [-0.2, 0) is 0 Å². The molecule has 64 valence electrons. The molecule has 0 radical (unpaired) electrons. The van der Waals surface area contributed by atoms with E-state index in [1.165, 1.54) is 0 Å². The first-order valence-corrected chi connectivity index (χ1v) is 3.53. The van der Waals surface area contributed by atoms with Gasteiger partial charge in [-0.3, -0.25) is 4.98 Å². The van der Waals surface area contributed by atoms with Gasteiger partial charge in [-0.25, -0.2) is 0 Å². The predicted octanol–water partition coefficient (Wildman–Crippen LogP) is 3.25. The molecule has 0 aliphatic rings. The Hall–Kier alpha value is -0.890. The lowest BCUT2D eigenvalue weighted by molar-refractivity contribution is 1.30. The maximum Gasteiger partial charge on any atom is 0.0273 e. The van der Waals surface area contributed by atoms with Gasteiger partial charge < -0.3 is 0 Å². The van der Waals surface area contributed by atoms with Gasteiger partial charge in [0, 0.05) is 12.4 Å². The summed E-state index contributed by atoms with van der Waals surface area (Å²) in [5, 5.41) is 0. The lowest BCUT2D eigenvalue weighted by Crippen LogP contribution is -1.80. The van der Waals surface area contributed by atoms with Crippen molar-refractivity contribution in [1.82, 2.24) is 4.98 Å². The lowest BCUT2D eigenvalue weighted by Gasteiger charge is -1.99. The molecular weight excluding hydrogens is 214 g/mol. The number of hydrogen-bond donors (Lipinski definition) is 0. The zero-order valence-electron chi connectivity index (χ0n) is 6.86. The molecule has 0 aromatic carbocycles. The normalized spacial score (nSPS) is 8.33. The van der Waals surface area contributed by atoms with E-state index in [0.717, 1.165) is 17.6 Å². The van der Waals surface area contributed by atoms with E-state index in [-0.39, 0.29) is 17.0 Å². The van der Waals surface area contributed by atoms with E-state index in [1.54, 1.807) is 12.4 Å². The monoisotopic (exact) mass is 225 g/mol. The van der Waals surface area contributed by atoms with Crippen LogP contribution in [-0.4, -0.2) is 4.98 Å². The van der Waals surface area contributed by atoms with E-state index in [2.05, 4.69) is 18.1 Å². The maximum atomic E-state index is 3.92. The van der Waals surface area contributed by atoms with Crippen molar-refractivity contribution in [2.24, 2.45) is 0 Å². The smallest absolute Gasteiger partial charge is 0.0273 e. The molecule has 0 saturated heterocycles. The van der Waals surface area contributed by atoms with E-state index >= 15 is 0 Å². The highest BCUT2D eigenvalue weighted by Crippen LogP contribution is 2.14. The van der Waals surface area contributed by atoms with Crippen LogP contribution in [0.2, 0.25) is 0 Å². The largest absolute Gasteiger partial charge is 0.265 e. The SMILES string of the molecule is Br.C=CCC(=C)c1ccncc1. The van der Waals surface area contributed by atoms with Gasteiger partial charge in [-0.1, -0.05) is 12.7 Å². The van der Waals surface area contributed by atoms with E-state index in [1.807, 2.05) is 18.2 Å². The number of rotatable bonds is 3. The number of pyridine rings is 1. The average molecular weight is 226 g/mol. The summed E-state index contributed by atoms with van der Waals surface area (Å²) in [4.78, 5) is 3.92. The number of nitrogens with zero attached hydrogens (tertiary/aromatic N) is 1.